The molecule has 4 aromatic rings. The summed E-state index contributed by atoms with van der Waals surface area (Å²) in [7, 11) is 0. The number of carbonyl (C=O) groups is 1. The van der Waals surface area contributed by atoms with Gasteiger partial charge < -0.3 is 9.64 Å². The van der Waals surface area contributed by atoms with Crippen LogP contribution >= 0.6 is 0 Å². The zero-order valence-corrected chi connectivity index (χ0v) is 19.6. The number of piperazine rings is 1. The number of amides is 1. The Morgan fingerprint density at radius 1 is 0.882 bits per heavy atom. The summed E-state index contributed by atoms with van der Waals surface area (Å²) in [6.07, 6.45) is 0. The first-order valence-corrected chi connectivity index (χ1v) is 11.8. The van der Waals surface area contributed by atoms with Crippen LogP contribution in [0, 0.1) is 5.82 Å². The van der Waals surface area contributed by atoms with Crippen molar-refractivity contribution in [2.24, 2.45) is 0 Å². The van der Waals surface area contributed by atoms with E-state index in [0.29, 0.717) is 6.54 Å². The fourth-order valence-electron chi connectivity index (χ4n) is 4.95. The van der Waals surface area contributed by atoms with E-state index in [1.807, 2.05) is 53.4 Å². The topological polar surface area (TPSA) is 32.8 Å². The lowest BCUT2D eigenvalue weighted by Gasteiger charge is -2.44. The molecule has 0 bridgehead atoms. The van der Waals surface area contributed by atoms with Crippen molar-refractivity contribution >= 4 is 27.5 Å². The number of fused-ring (bicyclic) bond motifs is 3. The number of halogens is 1. The van der Waals surface area contributed by atoms with E-state index in [0.717, 1.165) is 40.6 Å². The van der Waals surface area contributed by atoms with E-state index in [1.165, 1.54) is 17.5 Å². The molecule has 0 aromatic heterocycles. The van der Waals surface area contributed by atoms with Gasteiger partial charge in [0, 0.05) is 37.1 Å². The molecule has 1 aliphatic rings. The summed E-state index contributed by atoms with van der Waals surface area (Å²) < 4.78 is 19.4. The fraction of sp³-hybridized carbons (Fsp3) is 0.276. The van der Waals surface area contributed by atoms with E-state index in [4.69, 9.17) is 4.74 Å². The van der Waals surface area contributed by atoms with Crippen LogP contribution in [0.2, 0.25) is 0 Å². The minimum atomic E-state index is -0.222. The molecular weight excluding hydrogens is 427 g/mol. The first-order valence-electron chi connectivity index (χ1n) is 11.8. The van der Waals surface area contributed by atoms with Gasteiger partial charge in [0.1, 0.15) is 11.6 Å². The Balaban J connectivity index is 1.28. The Bertz CT molecular complexity index is 1320. The van der Waals surface area contributed by atoms with E-state index in [1.54, 1.807) is 0 Å². The Morgan fingerprint density at radius 3 is 2.32 bits per heavy atom. The van der Waals surface area contributed by atoms with E-state index in [-0.39, 0.29) is 30.4 Å². The van der Waals surface area contributed by atoms with Crippen molar-refractivity contribution < 1.29 is 13.9 Å². The largest absolute Gasteiger partial charge is 0.483 e. The summed E-state index contributed by atoms with van der Waals surface area (Å²) in [5, 5.41) is 4.41. The highest BCUT2D eigenvalue weighted by atomic mass is 19.1. The predicted molar refractivity (Wildman–Crippen MR) is 134 cm³/mol. The number of carbonyl (C=O) groups excluding carboxylic acids is 1. The van der Waals surface area contributed by atoms with Crippen LogP contribution in [0.15, 0.2) is 78.9 Å². The van der Waals surface area contributed by atoms with Gasteiger partial charge in [0.05, 0.1) is 0 Å². The molecule has 174 valence electrons. The summed E-state index contributed by atoms with van der Waals surface area (Å²) in [5.74, 6) is 0.510. The van der Waals surface area contributed by atoms with Crippen LogP contribution < -0.4 is 4.74 Å². The summed E-state index contributed by atoms with van der Waals surface area (Å²) in [4.78, 5) is 17.4. The molecule has 1 amide bonds. The van der Waals surface area contributed by atoms with Crippen LogP contribution in [0.5, 0.6) is 5.75 Å². The van der Waals surface area contributed by atoms with Gasteiger partial charge in [-0.05, 0) is 53.8 Å². The summed E-state index contributed by atoms with van der Waals surface area (Å²) >= 11 is 0. The first-order chi connectivity index (χ1) is 16.5. The van der Waals surface area contributed by atoms with Crippen LogP contribution in [0.25, 0.3) is 21.5 Å². The fourth-order valence-corrected chi connectivity index (χ4v) is 4.95. The molecule has 1 aliphatic heterocycles. The van der Waals surface area contributed by atoms with Gasteiger partial charge in [-0.2, -0.15) is 0 Å². The van der Waals surface area contributed by atoms with Crippen molar-refractivity contribution in [1.82, 2.24) is 9.80 Å². The highest BCUT2D eigenvalue weighted by molar-refractivity contribution is 6.10. The normalized spacial score (nSPS) is 19.0. The third kappa shape index (κ3) is 4.48. The smallest absolute Gasteiger partial charge is 0.260 e. The third-order valence-corrected chi connectivity index (χ3v) is 6.82. The lowest BCUT2D eigenvalue weighted by Crippen LogP contribution is -2.58. The molecule has 5 heteroatoms. The minimum Gasteiger partial charge on any atom is -0.483 e. The minimum absolute atomic E-state index is 0.00183. The third-order valence-electron chi connectivity index (χ3n) is 6.82. The molecule has 0 unspecified atom stereocenters. The van der Waals surface area contributed by atoms with Crippen molar-refractivity contribution in [3.8, 4) is 5.75 Å². The van der Waals surface area contributed by atoms with E-state index < -0.39 is 0 Å². The molecule has 0 saturated carbocycles. The van der Waals surface area contributed by atoms with Crippen LogP contribution in [0.3, 0.4) is 0 Å². The SMILES string of the molecule is C[C@@H]1CN(Cc2ccc(F)cc2)[C@@H](C)CN1C(=O)COc1cc2ccccc2c2ccccc12. The van der Waals surface area contributed by atoms with Gasteiger partial charge >= 0.3 is 0 Å². The van der Waals surface area contributed by atoms with Crippen LogP contribution in [-0.2, 0) is 11.3 Å². The molecule has 0 N–H and O–H groups in total. The molecule has 0 spiro atoms. The van der Waals surface area contributed by atoms with Crippen LogP contribution in [0.1, 0.15) is 19.4 Å². The molecular formula is C29H29FN2O2. The van der Waals surface area contributed by atoms with Gasteiger partial charge in [0.2, 0.25) is 0 Å². The quantitative estimate of drug-likeness (QED) is 0.365. The number of benzene rings is 4. The van der Waals surface area contributed by atoms with Gasteiger partial charge in [-0.15, -0.1) is 0 Å². The second-order valence-electron chi connectivity index (χ2n) is 9.23. The van der Waals surface area contributed by atoms with Gasteiger partial charge in [-0.3, -0.25) is 9.69 Å². The Morgan fingerprint density at radius 2 is 1.56 bits per heavy atom. The molecule has 0 radical (unpaired) electrons. The Kier molecular flexibility index (Phi) is 6.20. The molecule has 5 rings (SSSR count). The number of nitrogens with zero attached hydrogens (tertiary/aromatic N) is 2. The zero-order valence-electron chi connectivity index (χ0n) is 19.6. The van der Waals surface area contributed by atoms with Gasteiger partial charge in [-0.25, -0.2) is 4.39 Å². The van der Waals surface area contributed by atoms with Crippen LogP contribution in [-0.4, -0.2) is 47.5 Å². The molecule has 2 atom stereocenters. The molecule has 4 aromatic carbocycles. The van der Waals surface area contributed by atoms with Crippen molar-refractivity contribution in [2.45, 2.75) is 32.5 Å². The summed E-state index contributed by atoms with van der Waals surface area (Å²) in [6.45, 7) is 6.37. The van der Waals surface area contributed by atoms with Crippen LogP contribution in [0.4, 0.5) is 4.39 Å². The van der Waals surface area contributed by atoms with E-state index in [2.05, 4.69) is 36.9 Å². The maximum absolute atomic E-state index is 13.2. The molecule has 1 fully saturated rings. The summed E-state index contributed by atoms with van der Waals surface area (Å²) in [5.41, 5.74) is 1.08. The highest BCUT2D eigenvalue weighted by Crippen LogP contribution is 2.33. The van der Waals surface area contributed by atoms with Crippen molar-refractivity contribution in [3.63, 3.8) is 0 Å². The first kappa shape index (κ1) is 22.4. The highest BCUT2D eigenvalue weighted by Gasteiger charge is 2.32. The maximum atomic E-state index is 13.2. The predicted octanol–water partition coefficient (Wildman–Crippen LogP) is 5.63. The molecule has 1 saturated heterocycles. The van der Waals surface area contributed by atoms with Gasteiger partial charge in [0.25, 0.3) is 5.91 Å². The van der Waals surface area contributed by atoms with Gasteiger partial charge in [0.15, 0.2) is 6.61 Å². The second-order valence-corrected chi connectivity index (χ2v) is 9.23. The van der Waals surface area contributed by atoms with Crippen molar-refractivity contribution in [2.75, 3.05) is 19.7 Å². The maximum Gasteiger partial charge on any atom is 0.260 e. The average Bonchev–Trinajstić information content (AvgIpc) is 2.85. The lowest BCUT2D eigenvalue weighted by molar-refractivity contribution is -0.139. The lowest BCUT2D eigenvalue weighted by atomic mass is 10.0. The van der Waals surface area contributed by atoms with E-state index in [9.17, 15) is 9.18 Å². The average molecular weight is 457 g/mol. The number of hydrogen-bond donors (Lipinski definition) is 0. The zero-order chi connectivity index (χ0) is 23.7. The molecule has 1 heterocycles. The Labute approximate surface area is 199 Å². The van der Waals surface area contributed by atoms with E-state index >= 15 is 0 Å². The second kappa shape index (κ2) is 9.43. The standard InChI is InChI=1S/C29H29FN2O2/c1-20-17-32(21(2)16-31(20)18-22-11-13-24(30)14-12-22)29(33)19-34-28-15-23-7-3-4-8-25(23)26-9-5-6-10-27(26)28/h3-15,20-21H,16-19H2,1-2H3/t20-,21+/m0/s1. The number of rotatable bonds is 5. The Hall–Kier alpha value is -3.44. The molecule has 34 heavy (non-hydrogen) atoms. The van der Waals surface area contributed by atoms with Gasteiger partial charge in [-0.1, -0.05) is 60.7 Å². The number of ether oxygens (including phenoxy) is 1. The van der Waals surface area contributed by atoms with Crippen molar-refractivity contribution in [1.29, 1.82) is 0 Å². The summed E-state index contributed by atoms with van der Waals surface area (Å²) in [6, 6.07) is 25.3. The number of hydrogen-bond acceptors (Lipinski definition) is 3. The monoisotopic (exact) mass is 456 g/mol. The van der Waals surface area contributed by atoms with Crippen molar-refractivity contribution in [3.05, 3.63) is 90.2 Å². The molecule has 4 nitrogen and oxygen atoms in total. The molecule has 0 aliphatic carbocycles.